The molecule has 1 aromatic carbocycles. The number of carbonyl (C=O) groups is 9. The van der Waals surface area contributed by atoms with Gasteiger partial charge in [0.05, 0.1) is 25.2 Å². The molecule has 71 heavy (non-hydrogen) atoms. The van der Waals surface area contributed by atoms with Gasteiger partial charge in [-0.05, 0) is 75.0 Å². The van der Waals surface area contributed by atoms with Crippen LogP contribution in [0.5, 0.6) is 5.75 Å². The molecule has 1 aromatic rings. The number of benzene rings is 1. The number of rotatable bonds is 46. The van der Waals surface area contributed by atoms with Gasteiger partial charge in [-0.3, -0.25) is 38.9 Å². The summed E-state index contributed by atoms with van der Waals surface area (Å²) < 4.78 is 0. The molecule has 0 saturated heterocycles. The van der Waals surface area contributed by atoms with Gasteiger partial charge in [0.15, 0.2) is 5.78 Å². The number of aromatic hydroxyl groups is 1. The second-order valence-electron chi connectivity index (χ2n) is 19.1. The molecule has 0 aliphatic carbocycles. The number of carboxylic acids is 3. The van der Waals surface area contributed by atoms with Gasteiger partial charge in [0, 0.05) is 38.6 Å². The highest BCUT2D eigenvalue weighted by Crippen LogP contribution is 2.16. The third kappa shape index (κ3) is 34.5. The van der Waals surface area contributed by atoms with Crippen molar-refractivity contribution in [1.29, 1.82) is 0 Å². The lowest BCUT2D eigenvalue weighted by Crippen LogP contribution is -2.49. The molecule has 4 atom stereocenters. The first-order chi connectivity index (χ1) is 33.9. The smallest absolute Gasteiger partial charge is 0.326 e. The van der Waals surface area contributed by atoms with E-state index in [0.29, 0.717) is 32.1 Å². The van der Waals surface area contributed by atoms with Crippen molar-refractivity contribution in [3.05, 3.63) is 29.8 Å². The topological polar surface area (TPSA) is 321 Å². The third-order valence-electron chi connectivity index (χ3n) is 12.2. The lowest BCUT2D eigenvalue weighted by Gasteiger charge is -2.20. The number of amides is 4. The van der Waals surface area contributed by atoms with Crippen molar-refractivity contribution in [2.45, 2.75) is 211 Å². The standard InChI is InChI=1S/C52H86N6O13/c1-37(2)33-40(60)35-55-41(45(61)36-56-44(50(53)67)34-38-24-26-39(59)27-25-38)21-19-20-32-54-46(62)30-28-42(51(68)69)58-48(64)31-29-43(52(70)71)57-47(63)22-17-15-13-11-9-7-5-3-4-6-8-10-12-14-16-18-23-49(65)66/h24-27,37,41-44,55-56,59H,3-23,28-36H2,1-2H3,(H2,53,67)(H,54,62)(H,57,63)(H,58,64)(H,65,66)(H,68,69)(H,70,71)/t41-,42-,43-,44-/m0/s1. The quantitative estimate of drug-likeness (QED) is 0.0355. The number of aliphatic carboxylic acids is 3. The molecule has 0 unspecified atom stereocenters. The number of nitrogens with one attached hydrogen (secondary N) is 5. The minimum Gasteiger partial charge on any atom is -0.508 e. The molecule has 0 saturated carbocycles. The van der Waals surface area contributed by atoms with Crippen LogP contribution >= 0.6 is 0 Å². The lowest BCUT2D eigenvalue weighted by atomic mass is 10.0. The molecule has 0 spiro atoms. The van der Waals surface area contributed by atoms with Crippen LogP contribution in [-0.4, -0.2) is 117 Å². The highest BCUT2D eigenvalue weighted by atomic mass is 16.4. The number of Topliss-reactive ketones (excluding diaryl/α,β-unsaturated/α-hetero) is 2. The zero-order valence-corrected chi connectivity index (χ0v) is 42.4. The first kappa shape index (κ1) is 63.6. The van der Waals surface area contributed by atoms with Crippen LogP contribution in [0.25, 0.3) is 0 Å². The van der Waals surface area contributed by atoms with Crippen LogP contribution < -0.4 is 32.3 Å². The number of primary amides is 1. The van der Waals surface area contributed by atoms with Gasteiger partial charge in [0.1, 0.15) is 23.6 Å². The number of hydrogen-bond acceptors (Lipinski definition) is 12. The second kappa shape index (κ2) is 39.2. The Morgan fingerprint density at radius 1 is 0.507 bits per heavy atom. The van der Waals surface area contributed by atoms with Crippen LogP contribution in [0.4, 0.5) is 0 Å². The van der Waals surface area contributed by atoms with E-state index >= 15 is 0 Å². The molecule has 4 amide bonds. The Morgan fingerprint density at radius 2 is 0.958 bits per heavy atom. The van der Waals surface area contributed by atoms with Crippen LogP contribution in [0.15, 0.2) is 24.3 Å². The molecule has 0 heterocycles. The molecule has 19 nitrogen and oxygen atoms in total. The molecule has 402 valence electrons. The van der Waals surface area contributed by atoms with Crippen molar-refractivity contribution in [2.24, 2.45) is 11.7 Å². The summed E-state index contributed by atoms with van der Waals surface area (Å²) in [5.74, 6) is -5.85. The Bertz CT molecular complexity index is 1760. The predicted octanol–water partition coefficient (Wildman–Crippen LogP) is 5.61. The van der Waals surface area contributed by atoms with Crippen molar-refractivity contribution in [1.82, 2.24) is 26.6 Å². The van der Waals surface area contributed by atoms with Crippen LogP contribution in [0.1, 0.15) is 186 Å². The molecular formula is C52H86N6O13. The largest absolute Gasteiger partial charge is 0.508 e. The van der Waals surface area contributed by atoms with Gasteiger partial charge in [-0.15, -0.1) is 0 Å². The fourth-order valence-electron chi connectivity index (χ4n) is 8.05. The predicted molar refractivity (Wildman–Crippen MR) is 269 cm³/mol. The number of hydrogen-bond donors (Lipinski definition) is 10. The van der Waals surface area contributed by atoms with Crippen LogP contribution in [0.2, 0.25) is 0 Å². The fraction of sp³-hybridized carbons (Fsp3) is 0.712. The molecule has 11 N–H and O–H groups in total. The van der Waals surface area contributed by atoms with Crippen molar-refractivity contribution in [3.8, 4) is 5.75 Å². The highest BCUT2D eigenvalue weighted by Gasteiger charge is 2.26. The molecule has 0 aliphatic rings. The Hall–Kier alpha value is -5.43. The summed E-state index contributed by atoms with van der Waals surface area (Å²) in [7, 11) is 0. The number of phenols is 1. The van der Waals surface area contributed by atoms with Crippen LogP contribution in [-0.2, 0) is 49.6 Å². The maximum atomic E-state index is 13.3. The zero-order valence-electron chi connectivity index (χ0n) is 42.4. The van der Waals surface area contributed by atoms with E-state index in [-0.39, 0.29) is 87.8 Å². The summed E-state index contributed by atoms with van der Waals surface area (Å²) in [5.41, 5.74) is 6.31. The van der Waals surface area contributed by atoms with Crippen molar-refractivity contribution in [2.75, 3.05) is 19.6 Å². The van der Waals surface area contributed by atoms with E-state index in [1.807, 2.05) is 13.8 Å². The zero-order chi connectivity index (χ0) is 52.8. The lowest BCUT2D eigenvalue weighted by molar-refractivity contribution is -0.143. The first-order valence-corrected chi connectivity index (χ1v) is 26.0. The number of carboxylic acid groups (broad SMARTS) is 3. The highest BCUT2D eigenvalue weighted by molar-refractivity contribution is 5.89. The Kier molecular flexibility index (Phi) is 35.1. The number of unbranched alkanes of at least 4 members (excludes halogenated alkanes) is 16. The Labute approximate surface area is 420 Å². The van der Waals surface area contributed by atoms with Gasteiger partial charge in [-0.2, -0.15) is 0 Å². The summed E-state index contributed by atoms with van der Waals surface area (Å²) in [6.07, 6.45) is 18.3. The van der Waals surface area contributed by atoms with Gasteiger partial charge in [0.25, 0.3) is 0 Å². The molecule has 0 bridgehead atoms. The van der Waals surface area contributed by atoms with E-state index in [0.717, 1.165) is 50.5 Å². The van der Waals surface area contributed by atoms with Gasteiger partial charge in [0.2, 0.25) is 23.6 Å². The fourth-order valence-corrected chi connectivity index (χ4v) is 8.05. The van der Waals surface area contributed by atoms with Gasteiger partial charge in [-0.25, -0.2) is 9.59 Å². The second-order valence-corrected chi connectivity index (χ2v) is 19.1. The van der Waals surface area contributed by atoms with E-state index in [2.05, 4.69) is 26.6 Å². The number of nitrogens with two attached hydrogens (primary N) is 1. The van der Waals surface area contributed by atoms with Gasteiger partial charge in [-0.1, -0.05) is 116 Å². The van der Waals surface area contributed by atoms with E-state index in [9.17, 15) is 58.5 Å². The number of ketones is 2. The summed E-state index contributed by atoms with van der Waals surface area (Å²) >= 11 is 0. The Balaban J connectivity index is 2.37. The number of phenolic OH excluding ortho intramolecular Hbond substituents is 1. The third-order valence-corrected chi connectivity index (χ3v) is 12.2. The molecule has 1 rings (SSSR count). The summed E-state index contributed by atoms with van der Waals surface area (Å²) in [6.45, 7) is 3.80. The molecular weight excluding hydrogens is 917 g/mol. The van der Waals surface area contributed by atoms with Gasteiger partial charge < -0.3 is 47.4 Å². The SMILES string of the molecule is CC(C)CC(=O)CN[C@@H](CCCCNC(=O)CC[C@H](NC(=O)CC[C@H](NC(=O)CCCCCCCCCCCCCCCCCCC(=O)O)C(=O)O)C(=O)O)C(=O)CN[C@@H](Cc1ccc(O)cc1)C(N)=O. The molecule has 0 aliphatic heterocycles. The van der Waals surface area contributed by atoms with E-state index < -0.39 is 65.7 Å². The van der Waals surface area contributed by atoms with Crippen LogP contribution in [0.3, 0.4) is 0 Å². The summed E-state index contributed by atoms with van der Waals surface area (Å²) in [4.78, 5) is 110. The minimum absolute atomic E-state index is 0.0245. The monoisotopic (exact) mass is 1000 g/mol. The molecule has 0 aromatic heterocycles. The normalized spacial score (nSPS) is 12.9. The maximum absolute atomic E-state index is 13.3. The molecule has 0 radical (unpaired) electrons. The van der Waals surface area contributed by atoms with Crippen molar-refractivity contribution in [3.63, 3.8) is 0 Å². The molecule has 19 heteroatoms. The Morgan fingerprint density at radius 3 is 1.42 bits per heavy atom. The van der Waals surface area contributed by atoms with E-state index in [4.69, 9.17) is 10.8 Å². The van der Waals surface area contributed by atoms with E-state index in [1.54, 1.807) is 12.1 Å². The maximum Gasteiger partial charge on any atom is 0.326 e. The average molecular weight is 1000 g/mol. The van der Waals surface area contributed by atoms with Gasteiger partial charge >= 0.3 is 17.9 Å². The summed E-state index contributed by atoms with van der Waals surface area (Å²) in [5, 5.41) is 51.0. The molecule has 0 fully saturated rings. The average Bonchev–Trinajstić information content (AvgIpc) is 3.30. The summed E-state index contributed by atoms with van der Waals surface area (Å²) in [6, 6.07) is 1.90. The minimum atomic E-state index is -1.41. The van der Waals surface area contributed by atoms with Crippen molar-refractivity contribution < 1.29 is 63.6 Å². The van der Waals surface area contributed by atoms with Crippen LogP contribution in [0, 0.1) is 5.92 Å². The van der Waals surface area contributed by atoms with E-state index in [1.165, 1.54) is 63.5 Å². The van der Waals surface area contributed by atoms with Crippen molar-refractivity contribution >= 4 is 53.1 Å². The first-order valence-electron chi connectivity index (χ1n) is 26.0. The number of carbonyl (C=O) groups excluding carboxylic acids is 6.